The van der Waals surface area contributed by atoms with E-state index in [0.717, 1.165) is 37.9 Å². The van der Waals surface area contributed by atoms with Gasteiger partial charge < -0.3 is 5.11 Å². The minimum absolute atomic E-state index is 0.298. The molecule has 4 rings (SSSR count). The average Bonchev–Trinajstić information content (AvgIpc) is 2.88. The van der Waals surface area contributed by atoms with Crippen LogP contribution >= 0.6 is 6.89 Å². The molecule has 0 atom stereocenters. The smallest absolute Gasteiger partial charge is 0.123 e. The summed E-state index contributed by atoms with van der Waals surface area (Å²) < 4.78 is 0. The number of phenolic OH excluding ortho intramolecular Hbond substituents is 1. The topological polar surface area (TPSA) is 44.0 Å². The zero-order valence-electron chi connectivity index (χ0n) is 22.7. The third kappa shape index (κ3) is 4.90. The molecule has 0 saturated carbocycles. The van der Waals surface area contributed by atoms with Crippen LogP contribution < -0.4 is 15.9 Å². The lowest BCUT2D eigenvalue weighted by Gasteiger charge is -2.32. The van der Waals surface area contributed by atoms with Gasteiger partial charge in [-0.3, -0.25) is 0 Å². The molecule has 0 aliphatic rings. The van der Waals surface area contributed by atoms with Crippen LogP contribution in [0, 0.1) is 11.3 Å². The molecule has 0 amide bonds. The van der Waals surface area contributed by atoms with Crippen LogP contribution in [0.3, 0.4) is 0 Å². The molecule has 37 heavy (non-hydrogen) atoms. The van der Waals surface area contributed by atoms with E-state index in [9.17, 15) is 10.4 Å². The summed E-state index contributed by atoms with van der Waals surface area (Å²) in [5, 5.41) is 26.6. The van der Waals surface area contributed by atoms with E-state index in [1.54, 1.807) is 0 Å². The Hall–Kier alpha value is -3.53. The molecule has 4 aromatic carbocycles. The van der Waals surface area contributed by atoms with Gasteiger partial charge in [-0.2, -0.15) is 5.26 Å². The van der Waals surface area contributed by atoms with Gasteiger partial charge in [0.2, 0.25) is 0 Å². The molecule has 0 bridgehead atoms. The first-order valence-electron chi connectivity index (χ1n) is 12.7. The highest BCUT2D eigenvalue weighted by atomic mass is 31.2. The summed E-state index contributed by atoms with van der Waals surface area (Å²) in [6.45, 7) is 10.1. The molecule has 0 spiro atoms. The lowest BCUT2D eigenvalue weighted by Crippen LogP contribution is -2.31. The van der Waals surface area contributed by atoms with Gasteiger partial charge in [-0.1, -0.05) is 133 Å². The minimum Gasteiger partial charge on any atom is -0.507 e. The van der Waals surface area contributed by atoms with Crippen LogP contribution in [0.15, 0.2) is 103 Å². The molecule has 0 aliphatic heterocycles. The fourth-order valence-electron chi connectivity index (χ4n) is 5.04. The van der Waals surface area contributed by atoms with Crippen molar-refractivity contribution in [2.75, 3.05) is 0 Å². The van der Waals surface area contributed by atoms with Crippen molar-refractivity contribution in [3.63, 3.8) is 0 Å². The Kier molecular flexibility index (Phi) is 7.23. The van der Waals surface area contributed by atoms with Crippen molar-refractivity contribution >= 4 is 28.1 Å². The summed E-state index contributed by atoms with van der Waals surface area (Å²) in [4.78, 5) is 0. The first kappa shape index (κ1) is 26.5. The van der Waals surface area contributed by atoms with Gasteiger partial charge in [0.05, 0.1) is 5.29 Å². The van der Waals surface area contributed by atoms with Gasteiger partial charge in [0, 0.05) is 11.1 Å². The Bertz CT molecular complexity index is 1340. The summed E-state index contributed by atoms with van der Waals surface area (Å²) >= 11 is 0. The van der Waals surface area contributed by atoms with Crippen LogP contribution in [0.5, 0.6) is 5.75 Å². The number of hydrogen-bond acceptors (Lipinski definition) is 2. The van der Waals surface area contributed by atoms with Crippen molar-refractivity contribution in [3.05, 3.63) is 120 Å². The zero-order valence-corrected chi connectivity index (χ0v) is 23.6. The maximum absolute atomic E-state index is 11.4. The Morgan fingerprint density at radius 3 is 1.22 bits per heavy atom. The van der Waals surface area contributed by atoms with Crippen LogP contribution in [0.1, 0.15) is 58.2 Å². The molecule has 3 heteroatoms. The fraction of sp³-hybridized carbons (Fsp3) is 0.235. The van der Waals surface area contributed by atoms with Crippen LogP contribution in [-0.4, -0.2) is 10.4 Å². The standard InChI is InChI=1S/C34H36NOP/c1-33(2,3)29-22-25(23-30(32(29)36)34(4,5)6)31(24-35)37(26-16-10-7-11-17-26,27-18-12-8-13-19-27)28-20-14-9-15-21-28/h7-23,36H,1-6H3. The molecule has 0 heterocycles. The van der Waals surface area contributed by atoms with Crippen molar-refractivity contribution in [2.45, 2.75) is 52.4 Å². The number of hydrogen-bond donors (Lipinski definition) is 1. The Labute approximate surface area is 222 Å². The van der Waals surface area contributed by atoms with Crippen molar-refractivity contribution in [1.29, 1.82) is 5.26 Å². The third-order valence-corrected chi connectivity index (χ3v) is 11.1. The molecular weight excluding hydrogens is 469 g/mol. The Morgan fingerprint density at radius 1 is 0.622 bits per heavy atom. The zero-order chi connectivity index (χ0) is 26.8. The lowest BCUT2D eigenvalue weighted by atomic mass is 9.78. The minimum atomic E-state index is -2.57. The molecule has 0 aliphatic carbocycles. The summed E-state index contributed by atoms with van der Waals surface area (Å²) in [6, 6.07) is 38.2. The first-order valence-corrected chi connectivity index (χ1v) is 14.5. The monoisotopic (exact) mass is 505 g/mol. The molecule has 2 nitrogen and oxygen atoms in total. The Morgan fingerprint density at radius 2 is 0.946 bits per heavy atom. The second-order valence-electron chi connectivity index (χ2n) is 11.6. The van der Waals surface area contributed by atoms with E-state index in [1.807, 2.05) is 30.3 Å². The SMILES string of the molecule is CC(C)(C)c1cc(C(C#N)=P(c2ccccc2)(c2ccccc2)c2ccccc2)cc(C(C)(C)C)c1O. The van der Waals surface area contributed by atoms with Crippen molar-refractivity contribution in [1.82, 2.24) is 0 Å². The number of aromatic hydroxyl groups is 1. The van der Waals surface area contributed by atoms with Crippen LogP contribution in [0.4, 0.5) is 0 Å². The highest BCUT2D eigenvalue weighted by Crippen LogP contribution is 2.49. The normalized spacial score (nSPS) is 12.1. The van der Waals surface area contributed by atoms with E-state index in [4.69, 9.17) is 0 Å². The maximum atomic E-state index is 11.4. The number of benzene rings is 4. The second kappa shape index (κ2) is 10.1. The Balaban J connectivity index is 2.32. The predicted octanol–water partition coefficient (Wildman–Crippen LogP) is 7.03. The molecule has 0 fully saturated rings. The summed E-state index contributed by atoms with van der Waals surface area (Å²) in [7, 11) is 0. The number of nitrogens with zero attached hydrogens (tertiary/aromatic N) is 1. The van der Waals surface area contributed by atoms with Gasteiger partial charge >= 0.3 is 0 Å². The van der Waals surface area contributed by atoms with Gasteiger partial charge in [0.1, 0.15) is 11.8 Å². The van der Waals surface area contributed by atoms with Crippen molar-refractivity contribution in [2.24, 2.45) is 0 Å². The van der Waals surface area contributed by atoms with Crippen LogP contribution in [-0.2, 0) is 10.8 Å². The van der Waals surface area contributed by atoms with E-state index in [1.165, 1.54) is 0 Å². The van der Waals surface area contributed by atoms with Crippen molar-refractivity contribution in [3.8, 4) is 11.8 Å². The van der Waals surface area contributed by atoms with E-state index in [2.05, 4.69) is 120 Å². The van der Waals surface area contributed by atoms with Gasteiger partial charge in [0.25, 0.3) is 0 Å². The van der Waals surface area contributed by atoms with E-state index in [0.29, 0.717) is 5.75 Å². The van der Waals surface area contributed by atoms with Gasteiger partial charge in [-0.05, 0) is 51.3 Å². The molecular formula is C34H36NOP. The van der Waals surface area contributed by atoms with Crippen LogP contribution in [0.25, 0.3) is 0 Å². The third-order valence-electron chi connectivity index (χ3n) is 6.87. The molecule has 4 aromatic rings. The number of rotatable bonds is 4. The average molecular weight is 506 g/mol. The molecule has 0 aromatic heterocycles. The molecule has 0 radical (unpaired) electrons. The first-order chi connectivity index (χ1) is 17.5. The highest BCUT2D eigenvalue weighted by molar-refractivity contribution is 7.96. The van der Waals surface area contributed by atoms with Gasteiger partial charge in [0.15, 0.2) is 0 Å². The summed E-state index contributed by atoms with van der Waals surface area (Å²) in [5.74, 6) is 0.323. The van der Waals surface area contributed by atoms with E-state index in [-0.39, 0.29) is 10.8 Å². The number of nitriles is 1. The summed E-state index contributed by atoms with van der Waals surface area (Å²) in [5.41, 5.74) is 1.99. The molecule has 0 unspecified atom stereocenters. The molecule has 1 N–H and O–H groups in total. The molecule has 0 saturated heterocycles. The van der Waals surface area contributed by atoms with Crippen LogP contribution in [0.2, 0.25) is 0 Å². The number of phenols is 1. The van der Waals surface area contributed by atoms with Crippen molar-refractivity contribution < 1.29 is 5.11 Å². The van der Waals surface area contributed by atoms with Gasteiger partial charge in [-0.15, -0.1) is 0 Å². The van der Waals surface area contributed by atoms with E-state index < -0.39 is 6.89 Å². The summed E-state index contributed by atoms with van der Waals surface area (Å²) in [6.07, 6.45) is 0. The fourth-order valence-corrected chi connectivity index (χ4v) is 9.23. The largest absolute Gasteiger partial charge is 0.507 e. The maximum Gasteiger partial charge on any atom is 0.123 e. The quantitative estimate of drug-likeness (QED) is 0.303. The van der Waals surface area contributed by atoms with E-state index >= 15 is 0 Å². The second-order valence-corrected chi connectivity index (χ2v) is 14.9. The lowest BCUT2D eigenvalue weighted by molar-refractivity contribution is 0.423. The van der Waals surface area contributed by atoms with Gasteiger partial charge in [-0.25, -0.2) is 0 Å². The predicted molar refractivity (Wildman–Crippen MR) is 160 cm³/mol. The molecule has 188 valence electrons. The highest BCUT2D eigenvalue weighted by Gasteiger charge is 2.33.